The Morgan fingerprint density at radius 3 is 2.93 bits per heavy atom. The standard InChI is InChI=1S/C7H6ClN5OS/c1-14-5-11-4(8)12-7(13-5)15-6-9-2-3-10-6/h2-3H,1H3,(H,9,10). The highest BCUT2D eigenvalue weighted by Crippen LogP contribution is 2.22. The summed E-state index contributed by atoms with van der Waals surface area (Å²) in [6.45, 7) is 0. The number of imidazole rings is 1. The molecule has 6 nitrogen and oxygen atoms in total. The molecule has 1 N–H and O–H groups in total. The molecular weight excluding hydrogens is 238 g/mol. The van der Waals surface area contributed by atoms with E-state index >= 15 is 0 Å². The number of aromatic amines is 1. The fourth-order valence-electron chi connectivity index (χ4n) is 0.845. The van der Waals surface area contributed by atoms with Crippen molar-refractivity contribution in [2.24, 2.45) is 0 Å². The number of halogens is 1. The first-order chi connectivity index (χ1) is 7.28. The average molecular weight is 244 g/mol. The van der Waals surface area contributed by atoms with Crippen LogP contribution in [0.15, 0.2) is 22.7 Å². The molecule has 2 rings (SSSR count). The Balaban J connectivity index is 2.24. The summed E-state index contributed by atoms with van der Waals surface area (Å²) in [6, 6.07) is 0.184. The van der Waals surface area contributed by atoms with Crippen LogP contribution >= 0.6 is 23.4 Å². The highest BCUT2D eigenvalue weighted by molar-refractivity contribution is 7.99. The first kappa shape index (κ1) is 10.2. The third-order valence-corrected chi connectivity index (χ3v) is 2.36. The molecule has 0 saturated heterocycles. The SMILES string of the molecule is COc1nc(Cl)nc(Sc2ncc[nH]2)n1. The number of methoxy groups -OCH3 is 1. The van der Waals surface area contributed by atoms with Crippen LogP contribution in [-0.4, -0.2) is 32.0 Å². The number of rotatable bonds is 3. The summed E-state index contributed by atoms with van der Waals surface area (Å²) in [5.74, 6) is 0. The fraction of sp³-hybridized carbons (Fsp3) is 0.143. The van der Waals surface area contributed by atoms with E-state index < -0.39 is 0 Å². The number of H-pyrrole nitrogens is 1. The number of hydrogen-bond donors (Lipinski definition) is 1. The van der Waals surface area contributed by atoms with Gasteiger partial charge in [0.2, 0.25) is 10.4 Å². The van der Waals surface area contributed by atoms with Crippen molar-refractivity contribution in [1.29, 1.82) is 0 Å². The quantitative estimate of drug-likeness (QED) is 0.878. The van der Waals surface area contributed by atoms with Gasteiger partial charge in [0.1, 0.15) is 0 Å². The van der Waals surface area contributed by atoms with Gasteiger partial charge in [-0.3, -0.25) is 0 Å². The van der Waals surface area contributed by atoms with Crippen LogP contribution < -0.4 is 4.74 Å². The topological polar surface area (TPSA) is 76.6 Å². The zero-order chi connectivity index (χ0) is 10.7. The van der Waals surface area contributed by atoms with E-state index in [1.54, 1.807) is 12.4 Å². The summed E-state index contributed by atoms with van der Waals surface area (Å²) in [5, 5.41) is 1.21. The van der Waals surface area contributed by atoms with E-state index in [2.05, 4.69) is 24.9 Å². The monoisotopic (exact) mass is 243 g/mol. The van der Waals surface area contributed by atoms with Gasteiger partial charge in [0.05, 0.1) is 7.11 Å². The van der Waals surface area contributed by atoms with E-state index in [0.717, 1.165) is 0 Å². The molecule has 0 spiro atoms. The second-order valence-corrected chi connectivity index (χ2v) is 3.66. The van der Waals surface area contributed by atoms with E-state index in [-0.39, 0.29) is 11.3 Å². The van der Waals surface area contributed by atoms with Gasteiger partial charge in [0, 0.05) is 12.4 Å². The van der Waals surface area contributed by atoms with E-state index in [1.165, 1.54) is 18.9 Å². The van der Waals surface area contributed by atoms with Crippen molar-refractivity contribution in [2.75, 3.05) is 7.11 Å². The van der Waals surface area contributed by atoms with Crippen molar-refractivity contribution in [1.82, 2.24) is 24.9 Å². The Labute approximate surface area is 94.5 Å². The molecule has 2 aromatic heterocycles. The first-order valence-corrected chi connectivity index (χ1v) is 5.10. The Morgan fingerprint density at radius 2 is 2.27 bits per heavy atom. The molecule has 15 heavy (non-hydrogen) atoms. The molecule has 78 valence electrons. The average Bonchev–Trinajstić information content (AvgIpc) is 2.69. The lowest BCUT2D eigenvalue weighted by atomic mass is 11.0. The highest BCUT2D eigenvalue weighted by atomic mass is 35.5. The van der Waals surface area contributed by atoms with Crippen molar-refractivity contribution in [3.8, 4) is 6.01 Å². The van der Waals surface area contributed by atoms with Crippen LogP contribution in [0.25, 0.3) is 0 Å². The van der Waals surface area contributed by atoms with Crippen LogP contribution in [0.3, 0.4) is 0 Å². The molecule has 0 saturated carbocycles. The number of aromatic nitrogens is 5. The molecule has 0 bridgehead atoms. The van der Waals surface area contributed by atoms with Gasteiger partial charge in [-0.1, -0.05) is 0 Å². The minimum absolute atomic E-state index is 0.0934. The second-order valence-electron chi connectivity index (χ2n) is 2.37. The van der Waals surface area contributed by atoms with Gasteiger partial charge >= 0.3 is 6.01 Å². The van der Waals surface area contributed by atoms with Crippen LogP contribution in [0.5, 0.6) is 6.01 Å². The van der Waals surface area contributed by atoms with Crippen molar-refractivity contribution in [3.63, 3.8) is 0 Å². The maximum atomic E-state index is 5.68. The van der Waals surface area contributed by atoms with Gasteiger partial charge < -0.3 is 9.72 Å². The fourth-order valence-corrected chi connectivity index (χ4v) is 1.72. The normalized spacial score (nSPS) is 10.3. The zero-order valence-corrected chi connectivity index (χ0v) is 9.21. The molecule has 0 aliphatic rings. The number of hydrogen-bond acceptors (Lipinski definition) is 6. The molecule has 0 atom stereocenters. The third kappa shape index (κ3) is 2.57. The first-order valence-electron chi connectivity index (χ1n) is 3.91. The van der Waals surface area contributed by atoms with E-state index in [0.29, 0.717) is 10.3 Å². The molecule has 2 heterocycles. The van der Waals surface area contributed by atoms with Gasteiger partial charge in [-0.15, -0.1) is 0 Å². The number of nitrogens with zero attached hydrogens (tertiary/aromatic N) is 4. The molecule has 8 heteroatoms. The summed E-state index contributed by atoms with van der Waals surface area (Å²) in [6.07, 6.45) is 3.35. The largest absolute Gasteiger partial charge is 0.467 e. The number of ether oxygens (including phenoxy) is 1. The van der Waals surface area contributed by atoms with Crippen LogP contribution in [0.4, 0.5) is 0 Å². The second kappa shape index (κ2) is 4.45. The molecule has 0 aromatic carbocycles. The zero-order valence-electron chi connectivity index (χ0n) is 7.64. The van der Waals surface area contributed by atoms with Crippen molar-refractivity contribution < 1.29 is 4.74 Å². The summed E-state index contributed by atoms with van der Waals surface area (Å²) in [5.41, 5.74) is 0. The summed E-state index contributed by atoms with van der Waals surface area (Å²) < 4.78 is 4.86. The molecule has 0 radical (unpaired) electrons. The lowest BCUT2D eigenvalue weighted by molar-refractivity contribution is 0.373. The van der Waals surface area contributed by atoms with Gasteiger partial charge in [-0.25, -0.2) is 4.98 Å². The number of nitrogens with one attached hydrogen (secondary N) is 1. The predicted octanol–water partition coefficient (Wildman–Crippen LogP) is 1.41. The lowest BCUT2D eigenvalue weighted by Crippen LogP contribution is -1.96. The van der Waals surface area contributed by atoms with Gasteiger partial charge in [-0.05, 0) is 23.4 Å². The van der Waals surface area contributed by atoms with Crippen molar-refractivity contribution in [3.05, 3.63) is 17.7 Å². The van der Waals surface area contributed by atoms with Crippen molar-refractivity contribution in [2.45, 2.75) is 10.3 Å². The Bertz CT molecular complexity index is 449. The molecule has 0 unspecified atom stereocenters. The maximum absolute atomic E-state index is 5.68. The molecule has 0 amide bonds. The van der Waals surface area contributed by atoms with Crippen LogP contribution in [0.1, 0.15) is 0 Å². The Kier molecular flexibility index (Phi) is 3.02. The molecule has 0 aliphatic heterocycles. The van der Waals surface area contributed by atoms with Crippen molar-refractivity contribution >= 4 is 23.4 Å². The van der Waals surface area contributed by atoms with Crippen LogP contribution in [0, 0.1) is 0 Å². The minimum atomic E-state index is 0.0934. The highest BCUT2D eigenvalue weighted by Gasteiger charge is 2.07. The Morgan fingerprint density at radius 1 is 1.40 bits per heavy atom. The van der Waals surface area contributed by atoms with E-state index in [1.807, 2.05) is 0 Å². The molecule has 2 aromatic rings. The van der Waals surface area contributed by atoms with E-state index in [9.17, 15) is 0 Å². The van der Waals surface area contributed by atoms with Crippen LogP contribution in [-0.2, 0) is 0 Å². The predicted molar refractivity (Wildman–Crippen MR) is 54.1 cm³/mol. The van der Waals surface area contributed by atoms with E-state index in [4.69, 9.17) is 16.3 Å². The summed E-state index contributed by atoms with van der Waals surface area (Å²) in [7, 11) is 1.47. The lowest BCUT2D eigenvalue weighted by Gasteiger charge is -2.00. The molecule has 0 aliphatic carbocycles. The third-order valence-electron chi connectivity index (χ3n) is 1.41. The maximum Gasteiger partial charge on any atom is 0.321 e. The molecule has 0 fully saturated rings. The van der Waals surface area contributed by atoms with Gasteiger partial charge in [-0.2, -0.15) is 15.0 Å². The van der Waals surface area contributed by atoms with Gasteiger partial charge in [0.25, 0.3) is 0 Å². The summed E-state index contributed by atoms with van der Waals surface area (Å²) in [4.78, 5) is 18.6. The van der Waals surface area contributed by atoms with Gasteiger partial charge in [0.15, 0.2) is 5.16 Å². The molecular formula is C7H6ClN5OS. The Hall–Kier alpha value is -1.34. The smallest absolute Gasteiger partial charge is 0.321 e. The van der Waals surface area contributed by atoms with Crippen LogP contribution in [0.2, 0.25) is 5.28 Å². The minimum Gasteiger partial charge on any atom is -0.467 e. The summed E-state index contributed by atoms with van der Waals surface area (Å²) >= 11 is 6.93.